The second-order valence-electron chi connectivity index (χ2n) is 2.42. The predicted octanol–water partition coefficient (Wildman–Crippen LogP) is 1.73. The van der Waals surface area contributed by atoms with Gasteiger partial charge in [-0.2, -0.15) is 0 Å². The van der Waals surface area contributed by atoms with E-state index in [1.165, 1.54) is 0 Å². The molecular weight excluding hydrogens is 136 g/mol. The van der Waals surface area contributed by atoms with Gasteiger partial charge in [-0.3, -0.25) is 9.98 Å². The number of hydrogen-bond donors (Lipinski definition) is 0. The van der Waals surface area contributed by atoms with E-state index >= 15 is 0 Å². The lowest BCUT2D eigenvalue weighted by molar-refractivity contribution is 1.23. The Hall–Kier alpha value is -1.44. The minimum atomic E-state index is 0.273. The molecule has 11 heavy (non-hydrogen) atoms. The number of nitrogens with zero attached hydrogens (tertiary/aromatic N) is 2. The molecule has 1 heterocycles. The van der Waals surface area contributed by atoms with Gasteiger partial charge in [0.1, 0.15) is 0 Å². The zero-order chi connectivity index (χ0) is 7.52. The summed E-state index contributed by atoms with van der Waals surface area (Å²) in [6.07, 6.45) is 13.4. The lowest BCUT2D eigenvalue weighted by Crippen LogP contribution is -2.12. The molecule has 0 aromatic heterocycles. The summed E-state index contributed by atoms with van der Waals surface area (Å²) in [4.78, 5) is 8.27. The highest BCUT2D eigenvalue weighted by Gasteiger charge is 2.09. The maximum Gasteiger partial charge on any atom is 0.0549 e. The van der Waals surface area contributed by atoms with Gasteiger partial charge < -0.3 is 0 Å². The third-order valence-corrected chi connectivity index (χ3v) is 1.66. The fraction of sp³-hybridized carbons (Fsp3) is 0.111. The molecule has 2 rings (SSSR count). The van der Waals surface area contributed by atoms with Crippen molar-refractivity contribution >= 4 is 11.9 Å². The first-order valence-electron chi connectivity index (χ1n) is 3.58. The van der Waals surface area contributed by atoms with E-state index in [1.54, 1.807) is 12.4 Å². The van der Waals surface area contributed by atoms with Gasteiger partial charge in [-0.15, -0.1) is 0 Å². The lowest BCUT2D eigenvalue weighted by atomic mass is 10.00. The van der Waals surface area contributed by atoms with E-state index in [9.17, 15) is 0 Å². The van der Waals surface area contributed by atoms with Crippen LogP contribution in [-0.4, -0.2) is 11.9 Å². The summed E-state index contributed by atoms with van der Waals surface area (Å²) in [5.41, 5.74) is 1.06. The minimum Gasteiger partial charge on any atom is -0.266 e. The Bertz CT molecular complexity index is 293. The summed E-state index contributed by atoms with van der Waals surface area (Å²) in [5.74, 6) is 0.273. The van der Waals surface area contributed by atoms with Gasteiger partial charge in [0, 0.05) is 18.6 Å². The van der Waals surface area contributed by atoms with Crippen molar-refractivity contribution in [1.82, 2.24) is 0 Å². The van der Waals surface area contributed by atoms with Crippen LogP contribution in [-0.2, 0) is 0 Å². The predicted molar refractivity (Wildman–Crippen MR) is 46.8 cm³/mol. The normalized spacial score (nSPS) is 26.2. The molecule has 0 spiro atoms. The summed E-state index contributed by atoms with van der Waals surface area (Å²) in [6.45, 7) is 0. The molecule has 0 fully saturated rings. The van der Waals surface area contributed by atoms with E-state index in [2.05, 4.69) is 16.1 Å². The fourth-order valence-electron chi connectivity index (χ4n) is 1.10. The van der Waals surface area contributed by atoms with Crippen LogP contribution >= 0.6 is 0 Å². The summed E-state index contributed by atoms with van der Waals surface area (Å²) in [5, 5.41) is 0. The number of rotatable bonds is 0. The van der Waals surface area contributed by atoms with Crippen LogP contribution in [0.2, 0.25) is 0 Å². The van der Waals surface area contributed by atoms with Crippen molar-refractivity contribution in [1.29, 1.82) is 0 Å². The van der Waals surface area contributed by atoms with Gasteiger partial charge in [0.2, 0.25) is 0 Å². The highest BCUT2D eigenvalue weighted by molar-refractivity contribution is 6.08. The standard InChI is InChI=1S/C9H8N2/c1-2-4-9-8(3-1)7-10-5-6-11-9/h1-8H. The molecule has 0 saturated heterocycles. The third kappa shape index (κ3) is 1.19. The Morgan fingerprint density at radius 1 is 1.18 bits per heavy atom. The summed E-state index contributed by atoms with van der Waals surface area (Å²) in [7, 11) is 0. The molecule has 0 N–H and O–H groups in total. The molecule has 54 valence electrons. The van der Waals surface area contributed by atoms with Crippen LogP contribution in [0.3, 0.4) is 0 Å². The van der Waals surface area contributed by atoms with Gasteiger partial charge in [0.25, 0.3) is 0 Å². The maximum atomic E-state index is 4.22. The van der Waals surface area contributed by atoms with Crippen LogP contribution in [0.4, 0.5) is 0 Å². The monoisotopic (exact) mass is 144 g/mol. The highest BCUT2D eigenvalue weighted by atomic mass is 14.8. The SMILES string of the molecule is C1=CC2=NC=CN=CC2C=C1. The van der Waals surface area contributed by atoms with Crippen LogP contribution in [0.1, 0.15) is 0 Å². The average Bonchev–Trinajstić information content (AvgIpc) is 2.28. The molecule has 2 nitrogen and oxygen atoms in total. The van der Waals surface area contributed by atoms with Crippen molar-refractivity contribution in [2.24, 2.45) is 15.9 Å². The molecule has 0 saturated carbocycles. The first-order chi connectivity index (χ1) is 5.47. The number of allylic oxidation sites excluding steroid dienone is 4. The largest absolute Gasteiger partial charge is 0.266 e. The van der Waals surface area contributed by atoms with Crippen molar-refractivity contribution in [2.75, 3.05) is 0 Å². The van der Waals surface area contributed by atoms with E-state index < -0.39 is 0 Å². The fourth-order valence-corrected chi connectivity index (χ4v) is 1.10. The first-order valence-corrected chi connectivity index (χ1v) is 3.58. The average molecular weight is 144 g/mol. The van der Waals surface area contributed by atoms with Gasteiger partial charge in [-0.05, 0) is 6.08 Å². The Balaban J connectivity index is 2.39. The molecule has 2 heteroatoms. The summed E-state index contributed by atoms with van der Waals surface area (Å²) < 4.78 is 0. The van der Waals surface area contributed by atoms with Crippen LogP contribution in [0, 0.1) is 5.92 Å². The van der Waals surface area contributed by atoms with Crippen molar-refractivity contribution in [3.8, 4) is 0 Å². The Labute approximate surface area is 65.4 Å². The van der Waals surface area contributed by atoms with Crippen molar-refractivity contribution < 1.29 is 0 Å². The number of fused-ring (bicyclic) bond motifs is 1. The van der Waals surface area contributed by atoms with E-state index in [0.717, 1.165) is 5.71 Å². The van der Waals surface area contributed by atoms with Crippen molar-refractivity contribution in [3.63, 3.8) is 0 Å². The van der Waals surface area contributed by atoms with E-state index in [-0.39, 0.29) is 5.92 Å². The Kier molecular flexibility index (Phi) is 1.52. The van der Waals surface area contributed by atoms with Gasteiger partial charge in [0.15, 0.2) is 0 Å². The first kappa shape index (κ1) is 6.28. The molecule has 1 unspecified atom stereocenters. The van der Waals surface area contributed by atoms with Crippen LogP contribution in [0.15, 0.2) is 46.7 Å². The molecule has 0 radical (unpaired) electrons. The van der Waals surface area contributed by atoms with E-state index in [0.29, 0.717) is 0 Å². The molecule has 0 bridgehead atoms. The Morgan fingerprint density at radius 3 is 3.18 bits per heavy atom. The quantitative estimate of drug-likeness (QED) is 0.494. The minimum absolute atomic E-state index is 0.273. The molecule has 1 atom stereocenters. The summed E-state index contributed by atoms with van der Waals surface area (Å²) in [6, 6.07) is 0. The van der Waals surface area contributed by atoms with Crippen LogP contribution in [0.5, 0.6) is 0 Å². The number of aliphatic imine (C=N–C) groups is 2. The molecule has 2 aliphatic rings. The van der Waals surface area contributed by atoms with Gasteiger partial charge >= 0.3 is 0 Å². The number of hydrogen-bond acceptors (Lipinski definition) is 2. The second kappa shape index (κ2) is 2.66. The smallest absolute Gasteiger partial charge is 0.0549 e. The van der Waals surface area contributed by atoms with Gasteiger partial charge in [-0.25, -0.2) is 0 Å². The van der Waals surface area contributed by atoms with E-state index in [4.69, 9.17) is 0 Å². The zero-order valence-electron chi connectivity index (χ0n) is 6.01. The van der Waals surface area contributed by atoms with Crippen molar-refractivity contribution in [3.05, 3.63) is 36.7 Å². The zero-order valence-corrected chi connectivity index (χ0v) is 6.01. The lowest BCUT2D eigenvalue weighted by Gasteiger charge is -2.07. The molecule has 1 aliphatic carbocycles. The molecule has 1 aliphatic heterocycles. The van der Waals surface area contributed by atoms with Gasteiger partial charge in [-0.1, -0.05) is 18.2 Å². The maximum absolute atomic E-state index is 4.22. The highest BCUT2D eigenvalue weighted by Crippen LogP contribution is 2.09. The van der Waals surface area contributed by atoms with Crippen molar-refractivity contribution in [2.45, 2.75) is 0 Å². The van der Waals surface area contributed by atoms with E-state index in [1.807, 2.05) is 24.4 Å². The molecular formula is C9H8N2. The molecule has 0 amide bonds. The van der Waals surface area contributed by atoms with Crippen LogP contribution < -0.4 is 0 Å². The van der Waals surface area contributed by atoms with Gasteiger partial charge in [0.05, 0.1) is 11.6 Å². The van der Waals surface area contributed by atoms with Crippen LogP contribution in [0.25, 0.3) is 0 Å². The second-order valence-corrected chi connectivity index (χ2v) is 2.42. The molecule has 0 aromatic rings. The third-order valence-electron chi connectivity index (χ3n) is 1.66. The topological polar surface area (TPSA) is 24.7 Å². The molecule has 0 aromatic carbocycles. The Morgan fingerprint density at radius 2 is 2.18 bits per heavy atom. The summed E-state index contributed by atoms with van der Waals surface area (Å²) >= 11 is 0.